The summed E-state index contributed by atoms with van der Waals surface area (Å²) in [6.45, 7) is 9.67. The highest BCUT2D eigenvalue weighted by molar-refractivity contribution is 5.40. The lowest BCUT2D eigenvalue weighted by Gasteiger charge is -2.14. The molecule has 21 heavy (non-hydrogen) atoms. The molecular weight excluding hydrogens is 260 g/mol. The number of rotatable bonds is 6. The highest BCUT2D eigenvalue weighted by Crippen LogP contribution is 2.23. The Hall–Kier alpha value is -1.96. The summed E-state index contributed by atoms with van der Waals surface area (Å²) in [6.07, 6.45) is 0.877. The van der Waals surface area contributed by atoms with Crippen LogP contribution in [0.2, 0.25) is 0 Å². The van der Waals surface area contributed by atoms with Crippen molar-refractivity contribution in [1.29, 1.82) is 0 Å². The smallest absolute Gasteiger partial charge is 0.125 e. The molecule has 0 unspecified atom stereocenters. The second-order valence-electron chi connectivity index (χ2n) is 5.49. The minimum Gasteiger partial charge on any atom is -0.493 e. The Bertz CT molecular complexity index is 509. The summed E-state index contributed by atoms with van der Waals surface area (Å²) >= 11 is 0. The molecule has 0 saturated carbocycles. The van der Waals surface area contributed by atoms with Crippen LogP contribution in [0, 0.1) is 27.7 Å². The van der Waals surface area contributed by atoms with Crippen molar-refractivity contribution in [2.45, 2.75) is 34.1 Å². The second-order valence-corrected chi connectivity index (χ2v) is 5.49. The number of benzene rings is 2. The van der Waals surface area contributed by atoms with Crippen molar-refractivity contribution in [3.63, 3.8) is 0 Å². The Balaban J connectivity index is 1.81. The molecule has 2 aromatic carbocycles. The first-order chi connectivity index (χ1) is 10.1. The Morgan fingerprint density at radius 2 is 0.952 bits per heavy atom. The standard InChI is InChI=1S/C19H24O2/c1-14-8-5-9-15(2)18(14)20-12-7-13-21-19-16(3)10-6-11-17(19)4/h5-6,8-11H,7,12-13H2,1-4H3. The minimum absolute atomic E-state index is 0.677. The van der Waals surface area contributed by atoms with Gasteiger partial charge in [-0.05, 0) is 49.9 Å². The van der Waals surface area contributed by atoms with E-state index in [0.29, 0.717) is 13.2 Å². The van der Waals surface area contributed by atoms with Crippen molar-refractivity contribution in [3.05, 3.63) is 58.7 Å². The largest absolute Gasteiger partial charge is 0.493 e. The van der Waals surface area contributed by atoms with Crippen molar-refractivity contribution in [1.82, 2.24) is 0 Å². The first-order valence-corrected chi connectivity index (χ1v) is 7.47. The number of hydrogen-bond acceptors (Lipinski definition) is 2. The maximum absolute atomic E-state index is 5.89. The van der Waals surface area contributed by atoms with Gasteiger partial charge in [0.2, 0.25) is 0 Å². The van der Waals surface area contributed by atoms with Gasteiger partial charge >= 0.3 is 0 Å². The van der Waals surface area contributed by atoms with Crippen LogP contribution in [-0.2, 0) is 0 Å². The van der Waals surface area contributed by atoms with Crippen molar-refractivity contribution < 1.29 is 9.47 Å². The molecule has 0 saturated heterocycles. The Kier molecular flexibility index (Phi) is 5.26. The molecule has 2 aromatic rings. The molecule has 0 atom stereocenters. The average Bonchev–Trinajstić information content (AvgIpc) is 2.44. The molecule has 2 nitrogen and oxygen atoms in total. The Morgan fingerprint density at radius 3 is 1.29 bits per heavy atom. The molecule has 0 aromatic heterocycles. The van der Waals surface area contributed by atoms with E-state index >= 15 is 0 Å². The van der Waals surface area contributed by atoms with Crippen LogP contribution < -0.4 is 9.47 Å². The molecule has 0 N–H and O–H groups in total. The van der Waals surface area contributed by atoms with Crippen molar-refractivity contribution in [3.8, 4) is 11.5 Å². The van der Waals surface area contributed by atoms with Crippen LogP contribution in [0.15, 0.2) is 36.4 Å². The van der Waals surface area contributed by atoms with Gasteiger partial charge in [0, 0.05) is 6.42 Å². The van der Waals surface area contributed by atoms with E-state index < -0.39 is 0 Å². The van der Waals surface area contributed by atoms with Gasteiger partial charge in [-0.15, -0.1) is 0 Å². The topological polar surface area (TPSA) is 18.5 Å². The van der Waals surface area contributed by atoms with Gasteiger partial charge in [0.1, 0.15) is 11.5 Å². The molecule has 0 aliphatic carbocycles. The summed E-state index contributed by atoms with van der Waals surface area (Å²) in [7, 11) is 0. The van der Waals surface area contributed by atoms with Gasteiger partial charge in [-0.25, -0.2) is 0 Å². The van der Waals surface area contributed by atoms with Crippen LogP contribution in [0.25, 0.3) is 0 Å². The van der Waals surface area contributed by atoms with Gasteiger partial charge < -0.3 is 9.47 Å². The molecule has 0 spiro atoms. The zero-order chi connectivity index (χ0) is 15.2. The lowest BCUT2D eigenvalue weighted by atomic mass is 10.1. The van der Waals surface area contributed by atoms with Gasteiger partial charge in [-0.3, -0.25) is 0 Å². The summed E-state index contributed by atoms with van der Waals surface area (Å²) in [5.41, 5.74) is 4.74. The predicted octanol–water partition coefficient (Wildman–Crippen LogP) is 4.77. The first kappa shape index (κ1) is 15.4. The van der Waals surface area contributed by atoms with Crippen molar-refractivity contribution >= 4 is 0 Å². The summed E-state index contributed by atoms with van der Waals surface area (Å²) in [4.78, 5) is 0. The molecule has 0 aliphatic heterocycles. The lowest BCUT2D eigenvalue weighted by molar-refractivity contribution is 0.244. The molecule has 0 radical (unpaired) electrons. The third-order valence-corrected chi connectivity index (χ3v) is 3.60. The second kappa shape index (κ2) is 7.16. The Labute approximate surface area is 127 Å². The molecular formula is C19H24O2. The maximum atomic E-state index is 5.89. The zero-order valence-electron chi connectivity index (χ0n) is 13.4. The molecule has 0 bridgehead atoms. The molecule has 2 heteroatoms. The van der Waals surface area contributed by atoms with E-state index in [0.717, 1.165) is 17.9 Å². The van der Waals surface area contributed by atoms with Gasteiger partial charge in [0.05, 0.1) is 13.2 Å². The minimum atomic E-state index is 0.677. The normalized spacial score (nSPS) is 10.5. The summed E-state index contributed by atoms with van der Waals surface area (Å²) in [6, 6.07) is 12.4. The van der Waals surface area contributed by atoms with Crippen molar-refractivity contribution in [2.75, 3.05) is 13.2 Å². The molecule has 0 aliphatic rings. The monoisotopic (exact) mass is 284 g/mol. The fourth-order valence-electron chi connectivity index (χ4n) is 2.46. The highest BCUT2D eigenvalue weighted by Gasteiger charge is 2.04. The van der Waals surface area contributed by atoms with E-state index in [-0.39, 0.29) is 0 Å². The van der Waals surface area contributed by atoms with E-state index in [4.69, 9.17) is 9.47 Å². The lowest BCUT2D eigenvalue weighted by Crippen LogP contribution is -2.07. The van der Waals surface area contributed by atoms with Crippen LogP contribution >= 0.6 is 0 Å². The van der Waals surface area contributed by atoms with Crippen LogP contribution in [0.3, 0.4) is 0 Å². The van der Waals surface area contributed by atoms with Gasteiger partial charge in [0.25, 0.3) is 0 Å². The third-order valence-electron chi connectivity index (χ3n) is 3.60. The zero-order valence-corrected chi connectivity index (χ0v) is 13.4. The van der Waals surface area contributed by atoms with Gasteiger partial charge in [-0.1, -0.05) is 36.4 Å². The number of ether oxygens (including phenoxy) is 2. The molecule has 0 heterocycles. The summed E-state index contributed by atoms with van der Waals surface area (Å²) in [5.74, 6) is 2.01. The van der Waals surface area contributed by atoms with Crippen LogP contribution in [0.5, 0.6) is 11.5 Å². The number of hydrogen-bond donors (Lipinski definition) is 0. The first-order valence-electron chi connectivity index (χ1n) is 7.47. The summed E-state index contributed by atoms with van der Waals surface area (Å²) in [5, 5.41) is 0. The quantitative estimate of drug-likeness (QED) is 0.711. The van der Waals surface area contributed by atoms with E-state index in [2.05, 4.69) is 64.1 Å². The average molecular weight is 284 g/mol. The summed E-state index contributed by atoms with van der Waals surface area (Å²) < 4.78 is 11.8. The fourth-order valence-corrected chi connectivity index (χ4v) is 2.46. The van der Waals surface area contributed by atoms with E-state index in [1.54, 1.807) is 0 Å². The maximum Gasteiger partial charge on any atom is 0.125 e. The third kappa shape index (κ3) is 4.01. The predicted molar refractivity (Wildman–Crippen MR) is 87.4 cm³/mol. The molecule has 2 rings (SSSR count). The highest BCUT2D eigenvalue weighted by atomic mass is 16.5. The van der Waals surface area contributed by atoms with Gasteiger partial charge in [-0.2, -0.15) is 0 Å². The van der Waals surface area contributed by atoms with Crippen LogP contribution in [0.4, 0.5) is 0 Å². The van der Waals surface area contributed by atoms with E-state index in [1.807, 2.05) is 0 Å². The van der Waals surface area contributed by atoms with Crippen LogP contribution in [-0.4, -0.2) is 13.2 Å². The SMILES string of the molecule is Cc1cccc(C)c1OCCCOc1c(C)cccc1C. The fraction of sp³-hybridized carbons (Fsp3) is 0.368. The van der Waals surface area contributed by atoms with Crippen LogP contribution in [0.1, 0.15) is 28.7 Å². The van der Waals surface area contributed by atoms with Crippen molar-refractivity contribution in [2.24, 2.45) is 0 Å². The van der Waals surface area contributed by atoms with E-state index in [1.165, 1.54) is 22.3 Å². The van der Waals surface area contributed by atoms with E-state index in [9.17, 15) is 0 Å². The Morgan fingerprint density at radius 1 is 0.619 bits per heavy atom. The molecule has 112 valence electrons. The molecule has 0 amide bonds. The molecule has 0 fully saturated rings. The van der Waals surface area contributed by atoms with Gasteiger partial charge in [0.15, 0.2) is 0 Å². The number of para-hydroxylation sites is 2. The number of aryl methyl sites for hydroxylation is 4.